The predicted molar refractivity (Wildman–Crippen MR) is 83.6 cm³/mol. The third kappa shape index (κ3) is 2.97. The van der Waals surface area contributed by atoms with E-state index in [9.17, 15) is 9.59 Å². The molecule has 1 aromatic carbocycles. The van der Waals surface area contributed by atoms with Gasteiger partial charge in [-0.05, 0) is 24.1 Å². The Morgan fingerprint density at radius 1 is 1.26 bits per heavy atom. The quantitative estimate of drug-likeness (QED) is 0.807. The lowest BCUT2D eigenvalue weighted by Crippen LogP contribution is -2.49. The molecule has 1 aliphatic heterocycles. The monoisotopic (exact) mass is 313 g/mol. The molecule has 120 valence electrons. The predicted octanol–water partition coefficient (Wildman–Crippen LogP) is 1.55. The number of ether oxygens (including phenoxy) is 1. The second-order valence-electron chi connectivity index (χ2n) is 5.55. The summed E-state index contributed by atoms with van der Waals surface area (Å²) in [6.07, 6.45) is 2.18. The van der Waals surface area contributed by atoms with Gasteiger partial charge < -0.3 is 9.64 Å². The zero-order valence-electron chi connectivity index (χ0n) is 13.2. The fourth-order valence-corrected chi connectivity index (χ4v) is 2.86. The van der Waals surface area contributed by atoms with Crippen LogP contribution in [0.4, 0.5) is 0 Å². The average Bonchev–Trinajstić information content (AvgIpc) is 2.99. The molecule has 1 atom stereocenters. The van der Waals surface area contributed by atoms with E-state index in [1.54, 1.807) is 35.8 Å². The molecule has 2 heterocycles. The molecular formula is C17H19N3O3. The maximum absolute atomic E-state index is 12.8. The molecule has 0 bridgehead atoms. The first kappa shape index (κ1) is 15.3. The van der Waals surface area contributed by atoms with Crippen LogP contribution in [-0.2, 0) is 29.5 Å². The SMILES string of the molecule is CCOC(=O)C1Cc2ccccc2CN1C(=O)c1ccn(C)n1. The van der Waals surface area contributed by atoms with Gasteiger partial charge in [-0.2, -0.15) is 5.10 Å². The number of nitrogens with zero attached hydrogens (tertiary/aromatic N) is 3. The van der Waals surface area contributed by atoms with Crippen molar-refractivity contribution < 1.29 is 14.3 Å². The number of aryl methyl sites for hydroxylation is 1. The minimum atomic E-state index is -0.612. The first-order valence-corrected chi connectivity index (χ1v) is 7.64. The molecule has 0 spiro atoms. The van der Waals surface area contributed by atoms with Gasteiger partial charge in [0.25, 0.3) is 5.91 Å². The lowest BCUT2D eigenvalue weighted by Gasteiger charge is -2.34. The van der Waals surface area contributed by atoms with E-state index in [4.69, 9.17) is 4.74 Å². The van der Waals surface area contributed by atoms with Gasteiger partial charge >= 0.3 is 5.97 Å². The van der Waals surface area contributed by atoms with Crippen LogP contribution in [0, 0.1) is 0 Å². The summed E-state index contributed by atoms with van der Waals surface area (Å²) in [7, 11) is 1.76. The summed E-state index contributed by atoms with van der Waals surface area (Å²) < 4.78 is 6.73. The highest BCUT2D eigenvalue weighted by molar-refractivity contribution is 5.95. The minimum absolute atomic E-state index is 0.252. The molecule has 3 rings (SSSR count). The molecule has 1 unspecified atom stereocenters. The van der Waals surface area contributed by atoms with Crippen molar-refractivity contribution in [3.8, 4) is 0 Å². The van der Waals surface area contributed by atoms with Crippen LogP contribution in [0.3, 0.4) is 0 Å². The largest absolute Gasteiger partial charge is 0.464 e. The van der Waals surface area contributed by atoms with Gasteiger partial charge in [-0.3, -0.25) is 9.48 Å². The number of carbonyl (C=O) groups excluding carboxylic acids is 2. The summed E-state index contributed by atoms with van der Waals surface area (Å²) in [5.41, 5.74) is 2.47. The molecule has 1 amide bonds. The Hall–Kier alpha value is -2.63. The molecule has 0 N–H and O–H groups in total. The van der Waals surface area contributed by atoms with Gasteiger partial charge in [0.2, 0.25) is 0 Å². The Labute approximate surface area is 134 Å². The summed E-state index contributed by atoms with van der Waals surface area (Å²) in [6, 6.07) is 8.90. The molecule has 23 heavy (non-hydrogen) atoms. The van der Waals surface area contributed by atoms with E-state index in [0.717, 1.165) is 11.1 Å². The summed E-state index contributed by atoms with van der Waals surface area (Å²) in [5.74, 6) is -0.621. The number of hydrogen-bond donors (Lipinski definition) is 0. The van der Waals surface area contributed by atoms with Crippen LogP contribution in [0.2, 0.25) is 0 Å². The van der Waals surface area contributed by atoms with Crippen LogP contribution in [-0.4, -0.2) is 39.2 Å². The molecule has 6 nitrogen and oxygen atoms in total. The van der Waals surface area contributed by atoms with E-state index in [2.05, 4.69) is 5.10 Å². The third-order valence-electron chi connectivity index (χ3n) is 4.00. The number of carbonyl (C=O) groups is 2. The number of benzene rings is 1. The number of fused-ring (bicyclic) bond motifs is 1. The standard InChI is InChI=1S/C17H19N3O3/c1-3-23-17(22)15-10-12-6-4-5-7-13(12)11-20(15)16(21)14-8-9-19(2)18-14/h4-9,15H,3,10-11H2,1-2H3. The zero-order valence-corrected chi connectivity index (χ0v) is 13.2. The molecule has 2 aromatic rings. The minimum Gasteiger partial charge on any atom is -0.464 e. The Morgan fingerprint density at radius 2 is 2.00 bits per heavy atom. The molecule has 0 saturated heterocycles. The Kier molecular flexibility index (Phi) is 4.14. The van der Waals surface area contributed by atoms with Crippen molar-refractivity contribution in [3.63, 3.8) is 0 Å². The first-order valence-electron chi connectivity index (χ1n) is 7.64. The molecule has 6 heteroatoms. The molecule has 0 radical (unpaired) electrons. The zero-order chi connectivity index (χ0) is 16.4. The fraction of sp³-hybridized carbons (Fsp3) is 0.353. The lowest BCUT2D eigenvalue weighted by atomic mass is 9.93. The second-order valence-corrected chi connectivity index (χ2v) is 5.55. The molecular weight excluding hydrogens is 294 g/mol. The molecule has 1 aliphatic rings. The maximum Gasteiger partial charge on any atom is 0.329 e. The number of rotatable bonds is 3. The molecule has 0 saturated carbocycles. The Morgan fingerprint density at radius 3 is 2.65 bits per heavy atom. The first-order chi connectivity index (χ1) is 11.1. The van der Waals surface area contributed by atoms with Crippen LogP contribution < -0.4 is 0 Å². The van der Waals surface area contributed by atoms with Crippen LogP contribution in [0.1, 0.15) is 28.5 Å². The van der Waals surface area contributed by atoms with Crippen molar-refractivity contribution >= 4 is 11.9 Å². The molecule has 0 fully saturated rings. The van der Waals surface area contributed by atoms with E-state index < -0.39 is 6.04 Å². The van der Waals surface area contributed by atoms with E-state index in [-0.39, 0.29) is 11.9 Å². The van der Waals surface area contributed by atoms with Crippen molar-refractivity contribution in [2.45, 2.75) is 25.9 Å². The molecule has 1 aromatic heterocycles. The smallest absolute Gasteiger partial charge is 0.329 e. The van der Waals surface area contributed by atoms with Crippen molar-refractivity contribution in [2.75, 3.05) is 6.61 Å². The fourth-order valence-electron chi connectivity index (χ4n) is 2.86. The summed E-state index contributed by atoms with van der Waals surface area (Å²) in [5, 5.41) is 4.15. The topological polar surface area (TPSA) is 64.4 Å². The highest BCUT2D eigenvalue weighted by atomic mass is 16.5. The van der Waals surface area contributed by atoms with Gasteiger partial charge in [0.05, 0.1) is 6.61 Å². The average molecular weight is 313 g/mol. The van der Waals surface area contributed by atoms with Crippen LogP contribution in [0.5, 0.6) is 0 Å². The van der Waals surface area contributed by atoms with Crippen LogP contribution in [0.15, 0.2) is 36.5 Å². The maximum atomic E-state index is 12.8. The van der Waals surface area contributed by atoms with E-state index in [1.807, 2.05) is 24.3 Å². The van der Waals surface area contributed by atoms with Crippen molar-refractivity contribution in [2.24, 2.45) is 7.05 Å². The van der Waals surface area contributed by atoms with Crippen LogP contribution >= 0.6 is 0 Å². The van der Waals surface area contributed by atoms with Gasteiger partial charge in [0.1, 0.15) is 11.7 Å². The van der Waals surface area contributed by atoms with Crippen molar-refractivity contribution in [1.82, 2.24) is 14.7 Å². The summed E-state index contributed by atoms with van der Waals surface area (Å²) in [4.78, 5) is 26.7. The number of aromatic nitrogens is 2. The second kappa shape index (κ2) is 6.24. The Balaban J connectivity index is 1.94. The number of hydrogen-bond acceptors (Lipinski definition) is 4. The van der Waals surface area contributed by atoms with Gasteiger partial charge in [-0.15, -0.1) is 0 Å². The van der Waals surface area contributed by atoms with Gasteiger partial charge in [0.15, 0.2) is 0 Å². The van der Waals surface area contributed by atoms with Crippen molar-refractivity contribution in [3.05, 3.63) is 53.3 Å². The third-order valence-corrected chi connectivity index (χ3v) is 4.00. The van der Waals surface area contributed by atoms with E-state index in [1.165, 1.54) is 0 Å². The van der Waals surface area contributed by atoms with Gasteiger partial charge in [-0.1, -0.05) is 24.3 Å². The number of esters is 1. The van der Waals surface area contributed by atoms with Gasteiger partial charge in [-0.25, -0.2) is 4.79 Å². The molecule has 0 aliphatic carbocycles. The normalized spacial score (nSPS) is 16.8. The lowest BCUT2D eigenvalue weighted by molar-refractivity contribution is -0.149. The Bertz CT molecular complexity index is 738. The van der Waals surface area contributed by atoms with Crippen LogP contribution in [0.25, 0.3) is 0 Å². The highest BCUT2D eigenvalue weighted by Gasteiger charge is 2.36. The van der Waals surface area contributed by atoms with Gasteiger partial charge in [0, 0.05) is 26.2 Å². The highest BCUT2D eigenvalue weighted by Crippen LogP contribution is 2.25. The van der Waals surface area contributed by atoms with E-state index >= 15 is 0 Å². The van der Waals surface area contributed by atoms with Crippen molar-refractivity contribution in [1.29, 1.82) is 0 Å². The number of amides is 1. The summed E-state index contributed by atoms with van der Waals surface area (Å²) in [6.45, 7) is 2.44. The van der Waals surface area contributed by atoms with E-state index in [0.29, 0.717) is 25.3 Å². The summed E-state index contributed by atoms with van der Waals surface area (Å²) >= 11 is 0.